The van der Waals surface area contributed by atoms with E-state index in [1.54, 1.807) is 18.2 Å². The highest BCUT2D eigenvalue weighted by atomic mass is 14.6. The summed E-state index contributed by atoms with van der Waals surface area (Å²) < 4.78 is 0. The van der Waals surface area contributed by atoms with Crippen molar-refractivity contribution in [1.82, 2.24) is 0 Å². The molecular formula is C11H12N2. The van der Waals surface area contributed by atoms with Crippen molar-refractivity contribution in [1.29, 1.82) is 5.26 Å². The average Bonchev–Trinajstić information content (AvgIpc) is 2.18. The van der Waals surface area contributed by atoms with Crippen LogP contribution in [0.15, 0.2) is 36.9 Å². The lowest BCUT2D eigenvalue weighted by molar-refractivity contribution is 0.742. The number of nitrogens with zero attached hydrogens (tertiary/aromatic N) is 1. The predicted octanol–water partition coefficient (Wildman–Crippen LogP) is 2.13. The van der Waals surface area contributed by atoms with E-state index in [0.29, 0.717) is 5.56 Å². The van der Waals surface area contributed by atoms with E-state index in [4.69, 9.17) is 11.0 Å². The minimum Gasteiger partial charge on any atom is -0.324 e. The molecule has 0 aliphatic heterocycles. The molecule has 0 spiro atoms. The molecule has 0 aromatic heterocycles. The normalized spacial score (nSPS) is 11.7. The van der Waals surface area contributed by atoms with Gasteiger partial charge in [-0.15, -0.1) is 6.58 Å². The number of nitrogens with two attached hydrogens (primary N) is 1. The Bertz CT molecular complexity index is 319. The average molecular weight is 172 g/mol. The SMILES string of the molecule is C=CCC(N)c1ccc(C#N)cc1. The van der Waals surface area contributed by atoms with Crippen LogP contribution in [0.25, 0.3) is 0 Å². The summed E-state index contributed by atoms with van der Waals surface area (Å²) in [6, 6.07) is 9.37. The Morgan fingerprint density at radius 1 is 1.46 bits per heavy atom. The molecule has 1 rings (SSSR count). The van der Waals surface area contributed by atoms with Crippen molar-refractivity contribution in [2.24, 2.45) is 5.73 Å². The Morgan fingerprint density at radius 3 is 2.54 bits per heavy atom. The molecule has 0 aliphatic carbocycles. The number of benzene rings is 1. The van der Waals surface area contributed by atoms with Gasteiger partial charge in [0.2, 0.25) is 0 Å². The Kier molecular flexibility index (Phi) is 3.24. The number of hydrogen-bond acceptors (Lipinski definition) is 2. The van der Waals surface area contributed by atoms with E-state index in [1.165, 1.54) is 0 Å². The summed E-state index contributed by atoms with van der Waals surface area (Å²) in [5.41, 5.74) is 7.55. The fourth-order valence-corrected chi connectivity index (χ4v) is 1.12. The molecule has 0 bridgehead atoms. The van der Waals surface area contributed by atoms with Crippen molar-refractivity contribution in [2.75, 3.05) is 0 Å². The lowest BCUT2D eigenvalue weighted by Gasteiger charge is -2.08. The van der Waals surface area contributed by atoms with Crippen molar-refractivity contribution in [3.05, 3.63) is 48.0 Å². The lowest BCUT2D eigenvalue weighted by atomic mass is 10.0. The highest BCUT2D eigenvalue weighted by Gasteiger charge is 2.02. The molecule has 0 amide bonds. The maximum absolute atomic E-state index is 8.57. The Hall–Kier alpha value is -1.59. The molecule has 0 saturated heterocycles. The van der Waals surface area contributed by atoms with Crippen LogP contribution < -0.4 is 5.73 Å². The van der Waals surface area contributed by atoms with Crippen LogP contribution in [-0.2, 0) is 0 Å². The highest BCUT2D eigenvalue weighted by molar-refractivity contribution is 5.32. The van der Waals surface area contributed by atoms with Gasteiger partial charge in [0.05, 0.1) is 11.6 Å². The molecule has 0 saturated carbocycles. The van der Waals surface area contributed by atoms with E-state index >= 15 is 0 Å². The molecule has 13 heavy (non-hydrogen) atoms. The van der Waals surface area contributed by atoms with Gasteiger partial charge in [0, 0.05) is 6.04 Å². The van der Waals surface area contributed by atoms with Gasteiger partial charge in [0.15, 0.2) is 0 Å². The van der Waals surface area contributed by atoms with Gasteiger partial charge in [-0.1, -0.05) is 18.2 Å². The first-order valence-corrected chi connectivity index (χ1v) is 4.14. The summed E-state index contributed by atoms with van der Waals surface area (Å²) in [6.07, 6.45) is 2.55. The molecule has 0 radical (unpaired) electrons. The van der Waals surface area contributed by atoms with Gasteiger partial charge in [-0.2, -0.15) is 5.26 Å². The van der Waals surface area contributed by atoms with Crippen molar-refractivity contribution < 1.29 is 0 Å². The third-order valence-electron chi connectivity index (χ3n) is 1.89. The standard InChI is InChI=1S/C11H12N2/c1-2-3-11(13)10-6-4-9(8-12)5-7-10/h2,4-7,11H,1,3,13H2. The summed E-state index contributed by atoms with van der Waals surface area (Å²) in [4.78, 5) is 0. The summed E-state index contributed by atoms with van der Waals surface area (Å²) in [6.45, 7) is 3.63. The second-order valence-electron chi connectivity index (χ2n) is 2.86. The summed E-state index contributed by atoms with van der Waals surface area (Å²) in [7, 11) is 0. The van der Waals surface area contributed by atoms with E-state index < -0.39 is 0 Å². The van der Waals surface area contributed by atoms with Gasteiger partial charge in [-0.05, 0) is 24.1 Å². The van der Waals surface area contributed by atoms with E-state index in [-0.39, 0.29) is 6.04 Å². The number of rotatable bonds is 3. The number of hydrogen-bond donors (Lipinski definition) is 1. The Balaban J connectivity index is 2.80. The molecule has 2 nitrogen and oxygen atoms in total. The maximum Gasteiger partial charge on any atom is 0.0991 e. The smallest absolute Gasteiger partial charge is 0.0991 e. The molecule has 1 aromatic carbocycles. The molecule has 1 unspecified atom stereocenters. The molecule has 1 atom stereocenters. The molecular weight excluding hydrogens is 160 g/mol. The van der Waals surface area contributed by atoms with Gasteiger partial charge in [0.25, 0.3) is 0 Å². The predicted molar refractivity (Wildman–Crippen MR) is 52.9 cm³/mol. The molecule has 2 N–H and O–H groups in total. The van der Waals surface area contributed by atoms with Gasteiger partial charge in [0.1, 0.15) is 0 Å². The second kappa shape index (κ2) is 4.44. The molecule has 0 aliphatic rings. The first-order valence-electron chi connectivity index (χ1n) is 4.14. The van der Waals surface area contributed by atoms with E-state index in [1.807, 2.05) is 12.1 Å². The first kappa shape index (κ1) is 9.50. The summed E-state index contributed by atoms with van der Waals surface area (Å²) in [5.74, 6) is 0. The van der Waals surface area contributed by atoms with Crippen LogP contribution in [0.5, 0.6) is 0 Å². The zero-order valence-electron chi connectivity index (χ0n) is 7.40. The first-order chi connectivity index (χ1) is 6.27. The zero-order chi connectivity index (χ0) is 9.68. The Labute approximate surface area is 78.3 Å². The van der Waals surface area contributed by atoms with E-state index in [2.05, 4.69) is 12.6 Å². The van der Waals surface area contributed by atoms with Crippen molar-refractivity contribution >= 4 is 0 Å². The maximum atomic E-state index is 8.57. The van der Waals surface area contributed by atoms with Crippen molar-refractivity contribution in [3.63, 3.8) is 0 Å². The monoisotopic (exact) mass is 172 g/mol. The van der Waals surface area contributed by atoms with E-state index in [0.717, 1.165) is 12.0 Å². The summed E-state index contributed by atoms with van der Waals surface area (Å²) >= 11 is 0. The van der Waals surface area contributed by atoms with E-state index in [9.17, 15) is 0 Å². The highest BCUT2D eigenvalue weighted by Crippen LogP contribution is 2.14. The third kappa shape index (κ3) is 2.43. The zero-order valence-corrected chi connectivity index (χ0v) is 7.40. The van der Waals surface area contributed by atoms with Crippen LogP contribution in [0.4, 0.5) is 0 Å². The molecule has 0 heterocycles. The van der Waals surface area contributed by atoms with Crippen molar-refractivity contribution in [2.45, 2.75) is 12.5 Å². The van der Waals surface area contributed by atoms with Crippen LogP contribution in [0.3, 0.4) is 0 Å². The number of nitriles is 1. The Morgan fingerprint density at radius 2 is 2.08 bits per heavy atom. The molecule has 0 fully saturated rings. The van der Waals surface area contributed by atoms with Gasteiger partial charge >= 0.3 is 0 Å². The minimum absolute atomic E-state index is 0.00903. The molecule has 2 heteroatoms. The lowest BCUT2D eigenvalue weighted by Crippen LogP contribution is -2.08. The molecule has 1 aromatic rings. The van der Waals surface area contributed by atoms with Crippen molar-refractivity contribution in [3.8, 4) is 6.07 Å². The molecule has 66 valence electrons. The minimum atomic E-state index is -0.00903. The van der Waals surface area contributed by atoms with Crippen LogP contribution in [-0.4, -0.2) is 0 Å². The fraction of sp³-hybridized carbons (Fsp3) is 0.182. The van der Waals surface area contributed by atoms with Crippen LogP contribution >= 0.6 is 0 Å². The second-order valence-corrected chi connectivity index (χ2v) is 2.86. The summed E-state index contributed by atoms with van der Waals surface area (Å²) in [5, 5.41) is 8.57. The van der Waals surface area contributed by atoms with Gasteiger partial charge < -0.3 is 5.73 Å². The van der Waals surface area contributed by atoms with Gasteiger partial charge in [-0.25, -0.2) is 0 Å². The van der Waals surface area contributed by atoms with Crippen LogP contribution in [0.2, 0.25) is 0 Å². The van der Waals surface area contributed by atoms with Crippen LogP contribution in [0, 0.1) is 11.3 Å². The van der Waals surface area contributed by atoms with Gasteiger partial charge in [-0.3, -0.25) is 0 Å². The largest absolute Gasteiger partial charge is 0.324 e. The fourth-order valence-electron chi connectivity index (χ4n) is 1.12. The quantitative estimate of drug-likeness (QED) is 0.710. The third-order valence-corrected chi connectivity index (χ3v) is 1.89. The topological polar surface area (TPSA) is 49.8 Å². The van der Waals surface area contributed by atoms with Crippen LogP contribution in [0.1, 0.15) is 23.6 Å².